The van der Waals surface area contributed by atoms with Gasteiger partial charge in [-0.3, -0.25) is 9.59 Å². The first-order valence-electron chi connectivity index (χ1n) is 10.8. The zero-order valence-corrected chi connectivity index (χ0v) is 20.0. The summed E-state index contributed by atoms with van der Waals surface area (Å²) in [4.78, 5) is 33.4. The third-order valence-corrected chi connectivity index (χ3v) is 7.32. The summed E-state index contributed by atoms with van der Waals surface area (Å²) in [6, 6.07) is 4.33. The Labute approximate surface area is 197 Å². The van der Waals surface area contributed by atoms with E-state index in [-0.39, 0.29) is 11.3 Å². The molecule has 2 aliphatic rings. The van der Waals surface area contributed by atoms with Crippen LogP contribution in [0.3, 0.4) is 0 Å². The minimum Gasteiger partial charge on any atom is -0.507 e. The van der Waals surface area contributed by atoms with Gasteiger partial charge in [-0.25, -0.2) is 0 Å². The predicted octanol–water partition coefficient (Wildman–Crippen LogP) is 4.76. The zero-order chi connectivity index (χ0) is 23.2. The number of likely N-dealkylation sites (tertiary alicyclic amines) is 2. The van der Waals surface area contributed by atoms with Gasteiger partial charge in [0.1, 0.15) is 5.76 Å². The molecule has 6 nitrogen and oxygen atoms in total. The Morgan fingerprint density at radius 1 is 1.06 bits per heavy atom. The second-order valence-corrected chi connectivity index (χ2v) is 9.40. The first kappa shape index (κ1) is 22.9. The number of nitrogens with zero attached hydrogens (tertiary/aromatic N) is 2. The van der Waals surface area contributed by atoms with E-state index in [4.69, 9.17) is 23.2 Å². The van der Waals surface area contributed by atoms with Gasteiger partial charge < -0.3 is 19.9 Å². The van der Waals surface area contributed by atoms with Gasteiger partial charge >= 0.3 is 0 Å². The number of Topliss-reactive ketones (excluding diaryl/α,β-unsaturated/α-hetero) is 1. The Morgan fingerprint density at radius 3 is 2.34 bits per heavy atom. The number of benzene rings is 1. The fraction of sp³-hybridized carbons (Fsp3) is 0.417. The van der Waals surface area contributed by atoms with E-state index in [9.17, 15) is 14.7 Å². The first-order valence-corrected chi connectivity index (χ1v) is 11.6. The van der Waals surface area contributed by atoms with Crippen molar-refractivity contribution in [2.45, 2.75) is 39.7 Å². The molecule has 2 fully saturated rings. The largest absolute Gasteiger partial charge is 0.507 e. The van der Waals surface area contributed by atoms with Crippen molar-refractivity contribution in [2.75, 3.05) is 26.2 Å². The van der Waals surface area contributed by atoms with Crippen molar-refractivity contribution >= 4 is 40.7 Å². The molecule has 1 aromatic heterocycles. The van der Waals surface area contributed by atoms with E-state index in [0.29, 0.717) is 34.3 Å². The molecule has 2 N–H and O–H groups in total. The Kier molecular flexibility index (Phi) is 6.39. The molecular weight excluding hydrogens is 449 g/mol. The number of aromatic nitrogens is 1. The van der Waals surface area contributed by atoms with Gasteiger partial charge in [-0.05, 0) is 70.0 Å². The number of nitrogens with one attached hydrogen (secondary N) is 1. The van der Waals surface area contributed by atoms with Crippen molar-refractivity contribution in [3.8, 4) is 0 Å². The molecule has 170 valence electrons. The van der Waals surface area contributed by atoms with Gasteiger partial charge in [0.05, 0.1) is 21.7 Å². The van der Waals surface area contributed by atoms with Crippen LogP contribution in [0.4, 0.5) is 0 Å². The number of aliphatic hydroxyl groups is 1. The van der Waals surface area contributed by atoms with Crippen LogP contribution in [-0.2, 0) is 9.59 Å². The maximum absolute atomic E-state index is 13.2. The first-order chi connectivity index (χ1) is 15.2. The summed E-state index contributed by atoms with van der Waals surface area (Å²) in [5, 5.41) is 12.0. The zero-order valence-electron chi connectivity index (χ0n) is 18.5. The van der Waals surface area contributed by atoms with Crippen molar-refractivity contribution in [3.05, 3.63) is 61.9 Å². The molecule has 2 aliphatic heterocycles. The van der Waals surface area contributed by atoms with Crippen molar-refractivity contribution in [2.24, 2.45) is 0 Å². The van der Waals surface area contributed by atoms with Gasteiger partial charge in [0.2, 0.25) is 0 Å². The molecule has 1 atom stereocenters. The Morgan fingerprint density at radius 2 is 1.75 bits per heavy atom. The molecule has 0 spiro atoms. The van der Waals surface area contributed by atoms with E-state index in [2.05, 4.69) is 9.88 Å². The number of rotatable bonds is 5. The molecule has 4 rings (SSSR count). The average molecular weight is 476 g/mol. The molecule has 1 amide bonds. The topological polar surface area (TPSA) is 76.6 Å². The summed E-state index contributed by atoms with van der Waals surface area (Å²) in [7, 11) is 0. The maximum atomic E-state index is 13.2. The molecule has 0 aliphatic carbocycles. The molecule has 3 heterocycles. The summed E-state index contributed by atoms with van der Waals surface area (Å²) >= 11 is 12.4. The van der Waals surface area contributed by atoms with Crippen LogP contribution in [0.5, 0.6) is 0 Å². The number of ketones is 1. The molecule has 2 saturated heterocycles. The van der Waals surface area contributed by atoms with Gasteiger partial charge in [-0.15, -0.1) is 0 Å². The minimum absolute atomic E-state index is 0.0833. The second-order valence-electron chi connectivity index (χ2n) is 8.59. The summed E-state index contributed by atoms with van der Waals surface area (Å²) < 4.78 is 0. The summed E-state index contributed by atoms with van der Waals surface area (Å²) in [5.74, 6) is -1.45. The summed E-state index contributed by atoms with van der Waals surface area (Å²) in [6.45, 7) is 8.66. The third-order valence-electron chi connectivity index (χ3n) is 6.58. The van der Waals surface area contributed by atoms with E-state index in [1.807, 2.05) is 20.8 Å². The Hall–Kier alpha value is -2.28. The lowest BCUT2D eigenvalue weighted by Gasteiger charge is -2.27. The van der Waals surface area contributed by atoms with Crippen LogP contribution >= 0.6 is 23.2 Å². The quantitative estimate of drug-likeness (QED) is 0.371. The smallest absolute Gasteiger partial charge is 0.295 e. The molecule has 2 aromatic rings. The Bertz CT molecular complexity index is 1120. The summed E-state index contributed by atoms with van der Waals surface area (Å²) in [6.07, 6.45) is 2.28. The van der Waals surface area contributed by atoms with E-state index in [1.165, 1.54) is 0 Å². The highest BCUT2D eigenvalue weighted by Crippen LogP contribution is 2.42. The van der Waals surface area contributed by atoms with Gasteiger partial charge in [-0.1, -0.05) is 29.3 Å². The van der Waals surface area contributed by atoms with Crippen LogP contribution in [-0.4, -0.2) is 57.8 Å². The van der Waals surface area contributed by atoms with E-state index < -0.39 is 17.7 Å². The fourth-order valence-electron chi connectivity index (χ4n) is 4.79. The van der Waals surface area contributed by atoms with Gasteiger partial charge in [0.25, 0.3) is 11.7 Å². The van der Waals surface area contributed by atoms with Gasteiger partial charge in [0, 0.05) is 30.0 Å². The number of hydrogen-bond acceptors (Lipinski definition) is 4. The van der Waals surface area contributed by atoms with E-state index in [0.717, 1.165) is 42.9 Å². The lowest BCUT2D eigenvalue weighted by Crippen LogP contribution is -2.37. The number of amides is 1. The lowest BCUT2D eigenvalue weighted by molar-refractivity contribution is -0.140. The van der Waals surface area contributed by atoms with Gasteiger partial charge in [0.15, 0.2) is 0 Å². The number of aromatic amines is 1. The molecular formula is C24H27Cl2N3O3. The normalized spacial score (nSPS) is 21.2. The van der Waals surface area contributed by atoms with Crippen molar-refractivity contribution in [3.63, 3.8) is 0 Å². The highest BCUT2D eigenvalue weighted by molar-refractivity contribution is 6.47. The van der Waals surface area contributed by atoms with Crippen LogP contribution in [0.15, 0.2) is 23.8 Å². The van der Waals surface area contributed by atoms with Crippen LogP contribution in [0, 0.1) is 20.8 Å². The van der Waals surface area contributed by atoms with Crippen LogP contribution in [0.1, 0.15) is 47.0 Å². The van der Waals surface area contributed by atoms with Crippen LogP contribution in [0.25, 0.3) is 5.76 Å². The highest BCUT2D eigenvalue weighted by atomic mass is 35.5. The average Bonchev–Trinajstić information content (AvgIpc) is 3.42. The number of aryl methyl sites for hydroxylation is 2. The number of halogens is 2. The number of carbonyl (C=O) groups is 2. The summed E-state index contributed by atoms with van der Waals surface area (Å²) in [5.41, 5.74) is 3.78. The fourth-order valence-corrected chi connectivity index (χ4v) is 5.10. The minimum atomic E-state index is -0.735. The molecule has 0 radical (unpaired) electrons. The maximum Gasteiger partial charge on any atom is 0.295 e. The van der Waals surface area contributed by atoms with Crippen molar-refractivity contribution in [1.29, 1.82) is 0 Å². The second kappa shape index (κ2) is 8.93. The lowest BCUT2D eigenvalue weighted by atomic mass is 9.94. The molecule has 1 unspecified atom stereocenters. The molecule has 0 saturated carbocycles. The van der Waals surface area contributed by atoms with Crippen LogP contribution in [0.2, 0.25) is 10.0 Å². The highest BCUT2D eigenvalue weighted by Gasteiger charge is 2.46. The van der Waals surface area contributed by atoms with E-state index in [1.54, 1.807) is 23.1 Å². The molecule has 8 heteroatoms. The molecule has 32 heavy (non-hydrogen) atoms. The number of aliphatic hydroxyl groups excluding tert-OH is 1. The monoisotopic (exact) mass is 475 g/mol. The van der Waals surface area contributed by atoms with Crippen molar-refractivity contribution in [1.82, 2.24) is 14.8 Å². The van der Waals surface area contributed by atoms with Gasteiger partial charge in [-0.2, -0.15) is 0 Å². The van der Waals surface area contributed by atoms with Crippen LogP contribution < -0.4 is 0 Å². The number of hydrogen-bond donors (Lipinski definition) is 2. The predicted molar refractivity (Wildman–Crippen MR) is 126 cm³/mol. The number of carbonyl (C=O) groups excluding carboxylic acids is 2. The Balaban J connectivity index is 1.83. The molecule has 0 bridgehead atoms. The van der Waals surface area contributed by atoms with E-state index >= 15 is 0 Å². The number of H-pyrrole nitrogens is 1. The third kappa shape index (κ3) is 3.96. The molecule has 1 aromatic carbocycles. The van der Waals surface area contributed by atoms with Crippen molar-refractivity contribution < 1.29 is 14.7 Å². The SMILES string of the molecule is Cc1[nH]c(C)c(/C(O)=C2\C(=O)C(=O)N(CCN3CCCC3)C2c2ccc(Cl)c(Cl)c2)c1C. The standard InChI is InChI=1S/C24H27Cl2N3O3/c1-13-14(2)27-15(3)19(13)22(30)20-21(16-6-7-17(25)18(26)12-16)29(24(32)23(20)31)11-10-28-8-4-5-9-28/h6-7,12,21,27,30H,4-5,8-11H2,1-3H3/b22-20+.